The van der Waals surface area contributed by atoms with Crippen LogP contribution < -0.4 is 0 Å². The number of aryl methyl sites for hydroxylation is 1. The summed E-state index contributed by atoms with van der Waals surface area (Å²) < 4.78 is 5.01. The second kappa shape index (κ2) is 4.65. The SMILES string of the molecule is OCCCc1nc(-c2ccccn2)no1. The summed E-state index contributed by atoms with van der Waals surface area (Å²) in [4.78, 5) is 8.27. The Hall–Kier alpha value is -1.75. The molecule has 0 aromatic carbocycles. The number of aliphatic hydroxyl groups excluding tert-OH is 1. The van der Waals surface area contributed by atoms with Gasteiger partial charge in [-0.2, -0.15) is 4.98 Å². The van der Waals surface area contributed by atoms with Crippen LogP contribution in [-0.2, 0) is 6.42 Å². The van der Waals surface area contributed by atoms with Crippen molar-refractivity contribution in [1.29, 1.82) is 0 Å². The van der Waals surface area contributed by atoms with Crippen molar-refractivity contribution in [2.75, 3.05) is 6.61 Å². The van der Waals surface area contributed by atoms with E-state index >= 15 is 0 Å². The van der Waals surface area contributed by atoms with Crippen LogP contribution in [0.3, 0.4) is 0 Å². The topological polar surface area (TPSA) is 72.0 Å². The minimum absolute atomic E-state index is 0.126. The van der Waals surface area contributed by atoms with Crippen molar-refractivity contribution in [1.82, 2.24) is 15.1 Å². The Morgan fingerprint density at radius 2 is 2.27 bits per heavy atom. The average molecular weight is 205 g/mol. The van der Waals surface area contributed by atoms with E-state index in [1.807, 2.05) is 18.2 Å². The van der Waals surface area contributed by atoms with Gasteiger partial charge >= 0.3 is 0 Å². The minimum atomic E-state index is 0.126. The van der Waals surface area contributed by atoms with E-state index in [4.69, 9.17) is 9.63 Å². The van der Waals surface area contributed by atoms with E-state index in [0.29, 0.717) is 30.3 Å². The van der Waals surface area contributed by atoms with Gasteiger partial charge in [0.2, 0.25) is 11.7 Å². The number of rotatable bonds is 4. The molecule has 0 saturated carbocycles. The number of nitrogens with zero attached hydrogens (tertiary/aromatic N) is 3. The molecule has 0 fully saturated rings. The molecule has 5 nitrogen and oxygen atoms in total. The Balaban J connectivity index is 2.14. The first-order valence-corrected chi connectivity index (χ1v) is 4.75. The molecule has 0 aliphatic rings. The van der Waals surface area contributed by atoms with Crippen LogP contribution in [0, 0.1) is 0 Å². The van der Waals surface area contributed by atoms with E-state index in [1.165, 1.54) is 0 Å². The number of hydrogen-bond donors (Lipinski definition) is 1. The summed E-state index contributed by atoms with van der Waals surface area (Å²) in [6, 6.07) is 5.52. The molecule has 0 saturated heterocycles. The van der Waals surface area contributed by atoms with Gasteiger partial charge in [0.15, 0.2) is 0 Å². The number of pyridine rings is 1. The van der Waals surface area contributed by atoms with E-state index in [-0.39, 0.29) is 6.61 Å². The second-order valence-corrected chi connectivity index (χ2v) is 3.05. The molecule has 78 valence electrons. The lowest BCUT2D eigenvalue weighted by Crippen LogP contribution is -1.89. The molecule has 2 aromatic rings. The summed E-state index contributed by atoms with van der Waals surface area (Å²) in [7, 11) is 0. The Labute approximate surface area is 86.8 Å². The fourth-order valence-corrected chi connectivity index (χ4v) is 1.19. The zero-order chi connectivity index (χ0) is 10.5. The number of aliphatic hydroxyl groups is 1. The third-order valence-corrected chi connectivity index (χ3v) is 1.91. The highest BCUT2D eigenvalue weighted by Crippen LogP contribution is 2.12. The summed E-state index contributed by atoms with van der Waals surface area (Å²) in [6.07, 6.45) is 2.90. The summed E-state index contributed by atoms with van der Waals surface area (Å²) in [6.45, 7) is 0.126. The lowest BCUT2D eigenvalue weighted by atomic mass is 10.3. The maximum Gasteiger partial charge on any atom is 0.227 e. The van der Waals surface area contributed by atoms with Crippen LogP contribution in [-0.4, -0.2) is 26.8 Å². The van der Waals surface area contributed by atoms with Gasteiger partial charge in [-0.3, -0.25) is 4.98 Å². The quantitative estimate of drug-likeness (QED) is 0.807. The first-order valence-electron chi connectivity index (χ1n) is 4.75. The minimum Gasteiger partial charge on any atom is -0.396 e. The zero-order valence-electron chi connectivity index (χ0n) is 8.13. The van der Waals surface area contributed by atoms with Gasteiger partial charge in [0, 0.05) is 19.2 Å². The molecule has 2 aromatic heterocycles. The lowest BCUT2D eigenvalue weighted by molar-refractivity contribution is 0.278. The largest absolute Gasteiger partial charge is 0.396 e. The highest BCUT2D eigenvalue weighted by Gasteiger charge is 2.08. The van der Waals surface area contributed by atoms with Gasteiger partial charge in [-0.15, -0.1) is 0 Å². The summed E-state index contributed by atoms with van der Waals surface area (Å²) in [5.41, 5.74) is 0.691. The van der Waals surface area contributed by atoms with Crippen LogP contribution in [0.25, 0.3) is 11.5 Å². The van der Waals surface area contributed by atoms with E-state index < -0.39 is 0 Å². The van der Waals surface area contributed by atoms with Crippen LogP contribution in [0.15, 0.2) is 28.9 Å². The molecule has 0 atom stereocenters. The standard InChI is InChI=1S/C10H11N3O2/c14-7-3-5-9-12-10(13-15-9)8-4-1-2-6-11-8/h1-2,4,6,14H,3,5,7H2. The van der Waals surface area contributed by atoms with Crippen LogP contribution >= 0.6 is 0 Å². The Morgan fingerprint density at radius 1 is 1.33 bits per heavy atom. The molecule has 0 aliphatic carbocycles. The fraction of sp³-hybridized carbons (Fsp3) is 0.300. The second-order valence-electron chi connectivity index (χ2n) is 3.05. The lowest BCUT2D eigenvalue weighted by Gasteiger charge is -1.90. The highest BCUT2D eigenvalue weighted by atomic mass is 16.5. The highest BCUT2D eigenvalue weighted by molar-refractivity contribution is 5.46. The maximum absolute atomic E-state index is 8.65. The Bertz CT molecular complexity index is 414. The molecule has 0 aliphatic heterocycles. The van der Waals surface area contributed by atoms with Gasteiger partial charge in [-0.25, -0.2) is 0 Å². The zero-order valence-corrected chi connectivity index (χ0v) is 8.13. The van der Waals surface area contributed by atoms with Gasteiger partial charge in [-0.05, 0) is 18.6 Å². The molecule has 15 heavy (non-hydrogen) atoms. The molecular weight excluding hydrogens is 194 g/mol. The summed E-state index contributed by atoms with van der Waals surface area (Å²) in [5.74, 6) is 1.02. The summed E-state index contributed by atoms with van der Waals surface area (Å²) >= 11 is 0. The normalized spacial score (nSPS) is 10.5. The molecule has 0 amide bonds. The van der Waals surface area contributed by atoms with Crippen LogP contribution in [0.5, 0.6) is 0 Å². The molecule has 0 radical (unpaired) electrons. The van der Waals surface area contributed by atoms with Crippen molar-refractivity contribution >= 4 is 0 Å². The average Bonchev–Trinajstić information content (AvgIpc) is 2.76. The Morgan fingerprint density at radius 3 is 3.00 bits per heavy atom. The van der Waals surface area contributed by atoms with Crippen LogP contribution in [0.1, 0.15) is 12.3 Å². The van der Waals surface area contributed by atoms with Gasteiger partial charge in [0.25, 0.3) is 0 Å². The van der Waals surface area contributed by atoms with E-state index in [2.05, 4.69) is 15.1 Å². The Kier molecular flexibility index (Phi) is 3.04. The molecular formula is C10H11N3O2. The predicted octanol–water partition coefficient (Wildman–Crippen LogP) is 1.06. The summed E-state index contributed by atoms with van der Waals surface area (Å²) in [5, 5.41) is 12.5. The maximum atomic E-state index is 8.65. The van der Waals surface area contributed by atoms with E-state index in [0.717, 1.165) is 0 Å². The number of hydrogen-bond acceptors (Lipinski definition) is 5. The molecule has 1 N–H and O–H groups in total. The fourth-order valence-electron chi connectivity index (χ4n) is 1.19. The van der Waals surface area contributed by atoms with Crippen molar-refractivity contribution in [2.24, 2.45) is 0 Å². The van der Waals surface area contributed by atoms with E-state index in [9.17, 15) is 0 Å². The van der Waals surface area contributed by atoms with Crippen molar-refractivity contribution in [3.63, 3.8) is 0 Å². The molecule has 2 heterocycles. The van der Waals surface area contributed by atoms with Crippen LogP contribution in [0.2, 0.25) is 0 Å². The molecule has 2 rings (SSSR count). The molecule has 0 spiro atoms. The predicted molar refractivity (Wildman–Crippen MR) is 52.9 cm³/mol. The van der Waals surface area contributed by atoms with Crippen LogP contribution in [0.4, 0.5) is 0 Å². The van der Waals surface area contributed by atoms with Gasteiger partial charge in [-0.1, -0.05) is 11.2 Å². The van der Waals surface area contributed by atoms with E-state index in [1.54, 1.807) is 6.20 Å². The third-order valence-electron chi connectivity index (χ3n) is 1.91. The van der Waals surface area contributed by atoms with Gasteiger partial charge < -0.3 is 9.63 Å². The first kappa shape index (κ1) is 9.79. The van der Waals surface area contributed by atoms with Gasteiger partial charge in [0.05, 0.1) is 0 Å². The van der Waals surface area contributed by atoms with Crippen molar-refractivity contribution in [2.45, 2.75) is 12.8 Å². The van der Waals surface area contributed by atoms with Crippen molar-refractivity contribution in [3.8, 4) is 11.5 Å². The first-order chi connectivity index (χ1) is 7.40. The third kappa shape index (κ3) is 2.38. The van der Waals surface area contributed by atoms with Crippen molar-refractivity contribution < 1.29 is 9.63 Å². The molecule has 0 unspecified atom stereocenters. The van der Waals surface area contributed by atoms with Crippen molar-refractivity contribution in [3.05, 3.63) is 30.3 Å². The smallest absolute Gasteiger partial charge is 0.227 e. The number of aromatic nitrogens is 3. The molecule has 5 heteroatoms. The van der Waals surface area contributed by atoms with Gasteiger partial charge in [0.1, 0.15) is 5.69 Å². The molecule has 0 bridgehead atoms. The monoisotopic (exact) mass is 205 g/mol.